The van der Waals surface area contributed by atoms with Crippen LogP contribution in [0.2, 0.25) is 0 Å². The average molecular weight is 428 g/mol. The van der Waals surface area contributed by atoms with Crippen LogP contribution in [-0.4, -0.2) is 4.21 Å². The smallest absolute Gasteiger partial charge is 2.00 e. The fraction of sp³-hybridized carbons (Fsp3) is 0. The summed E-state index contributed by atoms with van der Waals surface area (Å²) in [7, 11) is 0. The largest absolute Gasteiger partial charge is 3.00 e. The van der Waals surface area contributed by atoms with E-state index >= 15 is 0 Å². The van der Waals surface area contributed by atoms with Gasteiger partial charge in [0.15, 0.2) is 12.5 Å². The predicted molar refractivity (Wildman–Crippen MR) is 10.2 cm³/mol. The molecule has 0 N–H and O–H groups in total. The molecule has 0 rings (SSSR count). The van der Waals surface area contributed by atoms with Gasteiger partial charge in [0.05, 0.1) is 0 Å². The first-order valence-electron chi connectivity index (χ1n) is 0.167. The molecule has 0 atom stereocenters. The summed E-state index contributed by atoms with van der Waals surface area (Å²) in [5, 5.41) is 0. The fourth-order valence-corrected chi connectivity index (χ4v) is 0. The van der Waals surface area contributed by atoms with Crippen LogP contribution in [0.25, 0.3) is 0 Å². The third kappa shape index (κ3) is 58.4. The van der Waals surface area contributed by atoms with Crippen LogP contribution in [0.3, 0.4) is 0 Å². The molecule has 0 bridgehead atoms. The Morgan fingerprint density at radius 1 is 0.857 bits per heavy atom. The molecule has 0 saturated heterocycles. The van der Waals surface area contributed by atoms with Crippen LogP contribution in [0.1, 0.15) is 0 Å². The maximum Gasteiger partial charge on any atom is 3.00 e. The molecule has 0 fully saturated rings. The molecule has 0 aromatic heterocycles. The predicted octanol–water partition coefficient (Wildman–Crippen LogP) is -0.693. The van der Waals surface area contributed by atoms with Gasteiger partial charge in [0.25, 0.3) is 0 Å². The first kappa shape index (κ1) is 56.6. The molecule has 0 aliphatic carbocycles. The van der Waals surface area contributed by atoms with E-state index in [1.807, 2.05) is 0 Å². The molecule has 0 unspecified atom stereocenters. The second-order valence-corrected chi connectivity index (χ2v) is 0. The van der Waals surface area contributed by atoms with Gasteiger partial charge in [0.1, 0.15) is 0 Å². The monoisotopic (exact) mass is 429 g/mol. The SMILES string of the molecule is O=S.[Gd+3].[Lu+3].[O-2].[O-2].[O-2]. The van der Waals surface area contributed by atoms with Gasteiger partial charge < -0.3 is 16.4 Å². The molecule has 53 valence electrons. The van der Waals surface area contributed by atoms with Crippen LogP contribution < -0.4 is 0 Å². The maximum atomic E-state index is 7.83. The van der Waals surface area contributed by atoms with Crippen molar-refractivity contribution in [3.05, 3.63) is 0 Å². The van der Waals surface area contributed by atoms with E-state index in [2.05, 4.69) is 12.5 Å². The minimum atomic E-state index is 0. The Kier molecular flexibility index (Phi) is 629. The first-order chi connectivity index (χ1) is 1.00. The molecule has 0 aromatic rings. The van der Waals surface area contributed by atoms with Crippen LogP contribution in [0, 0.1) is 76.8 Å². The minimum Gasteiger partial charge on any atom is -2.00 e. The van der Waals surface area contributed by atoms with Crippen molar-refractivity contribution in [2.45, 2.75) is 0 Å². The normalized spacial score (nSPS) is 0.571. The molecule has 0 heterocycles. The van der Waals surface area contributed by atoms with Crippen molar-refractivity contribution in [3.8, 4) is 0 Å². The first-order valence-corrected chi connectivity index (χ1v) is 0.500. The molecule has 0 aliphatic rings. The zero-order chi connectivity index (χ0) is 2.00. The van der Waals surface area contributed by atoms with Crippen molar-refractivity contribution in [1.29, 1.82) is 0 Å². The molecular formula is GdLuO4S. The van der Waals surface area contributed by atoms with Crippen LogP contribution in [0.5, 0.6) is 0 Å². The van der Waals surface area contributed by atoms with Gasteiger partial charge in [-0.1, -0.05) is 0 Å². The van der Waals surface area contributed by atoms with E-state index in [1.54, 1.807) is 0 Å². The minimum absolute atomic E-state index is 0. The molecule has 4 nitrogen and oxygen atoms in total. The Morgan fingerprint density at radius 3 is 0.857 bits per heavy atom. The number of hydrogen-bond donors (Lipinski definition) is 0. The van der Waals surface area contributed by atoms with Crippen LogP contribution in [0.15, 0.2) is 0 Å². The Balaban J connectivity index is -0.000000000500. The summed E-state index contributed by atoms with van der Waals surface area (Å²) < 4.78 is 7.83. The third-order valence-electron chi connectivity index (χ3n) is 0. The van der Waals surface area contributed by atoms with Gasteiger partial charge in [-0.15, -0.1) is 0 Å². The van der Waals surface area contributed by atoms with E-state index in [9.17, 15) is 0 Å². The quantitative estimate of drug-likeness (QED) is 0.510. The van der Waals surface area contributed by atoms with Crippen molar-refractivity contribution >= 4 is 12.5 Å². The molecule has 0 saturated carbocycles. The maximum absolute atomic E-state index is 7.83. The summed E-state index contributed by atoms with van der Waals surface area (Å²) in [6.07, 6.45) is 0. The summed E-state index contributed by atoms with van der Waals surface area (Å²) in [5.74, 6) is 0. The molecule has 7 heteroatoms. The summed E-state index contributed by atoms with van der Waals surface area (Å²) in [5.41, 5.74) is 0. The topological polar surface area (TPSA) is 103 Å². The van der Waals surface area contributed by atoms with E-state index in [1.165, 1.54) is 0 Å². The summed E-state index contributed by atoms with van der Waals surface area (Å²) >= 11 is 2.83. The molecule has 0 aliphatic heterocycles. The molecule has 1 radical (unpaired) electrons. The van der Waals surface area contributed by atoms with Gasteiger partial charge >= 0.3 is 76.8 Å². The summed E-state index contributed by atoms with van der Waals surface area (Å²) in [6, 6.07) is 0. The van der Waals surface area contributed by atoms with E-state index in [4.69, 9.17) is 4.21 Å². The van der Waals surface area contributed by atoms with E-state index in [0.29, 0.717) is 0 Å². The third-order valence-corrected chi connectivity index (χ3v) is 0. The molecule has 0 spiro atoms. The van der Waals surface area contributed by atoms with Crippen LogP contribution >= 0.6 is 0 Å². The number of hydrogen-bond acceptors (Lipinski definition) is 2. The van der Waals surface area contributed by atoms with Crippen LogP contribution in [-0.2, 0) is 29.0 Å². The Labute approximate surface area is 108 Å². The van der Waals surface area contributed by atoms with Crippen molar-refractivity contribution in [1.82, 2.24) is 0 Å². The van der Waals surface area contributed by atoms with Crippen molar-refractivity contribution < 1.29 is 97.5 Å². The second kappa shape index (κ2) is 77.9. The Hall–Kier alpha value is 2.46. The molecule has 0 aromatic carbocycles. The molecular weight excluding hydrogens is 428 g/mol. The van der Waals surface area contributed by atoms with E-state index in [0.717, 1.165) is 0 Å². The van der Waals surface area contributed by atoms with Gasteiger partial charge in [-0.25, -0.2) is 0 Å². The van der Waals surface area contributed by atoms with E-state index < -0.39 is 0 Å². The number of rotatable bonds is 0. The van der Waals surface area contributed by atoms with Crippen molar-refractivity contribution in [2.75, 3.05) is 0 Å². The van der Waals surface area contributed by atoms with Gasteiger partial charge in [-0.3, -0.25) is 0 Å². The Morgan fingerprint density at radius 2 is 0.857 bits per heavy atom. The second-order valence-electron chi connectivity index (χ2n) is 0. The van der Waals surface area contributed by atoms with Gasteiger partial charge in [-0.05, 0) is 0 Å². The van der Waals surface area contributed by atoms with Gasteiger partial charge in [-0.2, -0.15) is 4.21 Å². The van der Waals surface area contributed by atoms with Crippen molar-refractivity contribution in [3.63, 3.8) is 0 Å². The van der Waals surface area contributed by atoms with Gasteiger partial charge in [0.2, 0.25) is 0 Å². The summed E-state index contributed by atoms with van der Waals surface area (Å²) in [6.45, 7) is 0. The Bertz CT molecular complexity index is 11.7. The molecule has 0 amide bonds. The van der Waals surface area contributed by atoms with E-state index in [-0.39, 0.29) is 93.2 Å². The summed E-state index contributed by atoms with van der Waals surface area (Å²) in [4.78, 5) is 0. The zero-order valence-corrected chi connectivity index (χ0v) is 7.39. The van der Waals surface area contributed by atoms with Gasteiger partial charge in [0, 0.05) is 0 Å². The molecule has 7 heavy (non-hydrogen) atoms. The van der Waals surface area contributed by atoms with Crippen molar-refractivity contribution in [2.24, 2.45) is 0 Å². The average Bonchev–Trinajstić information content (AvgIpc) is 1.00. The fourth-order valence-electron chi connectivity index (χ4n) is 0. The zero-order valence-electron chi connectivity index (χ0n) is 2.65. The standard InChI is InChI=1S/Gd.Lu.OS.3O/c;;1-2;;;/q2*+3;;3*-2. The van der Waals surface area contributed by atoms with Crippen LogP contribution in [0.4, 0.5) is 0 Å².